The standard InChI is InChI=1S/C33H39F4N5O3S2/c1-4-18(2)27(41-26(43)16-19-8-5-6-11-23(19)34)30(44)42-32(31(45)40-25(29(38)46)13-15-47-3)14-12-24-21(17-32)20-9-7-10-22(28(20)39-24)33(35,36)37/h5-11,18,25,27,39H,4,12-17H2,1-3H3,(H2,38,46)(H,40,45)(H,41,43)(H,42,44)/t18-,25-,27?,32+/m0/s1. The summed E-state index contributed by atoms with van der Waals surface area (Å²) < 4.78 is 56.0. The van der Waals surface area contributed by atoms with Crippen molar-refractivity contribution >= 4 is 57.6 Å². The summed E-state index contributed by atoms with van der Waals surface area (Å²) in [5, 5.41) is 8.80. The van der Waals surface area contributed by atoms with E-state index in [0.717, 1.165) is 6.07 Å². The zero-order valence-electron chi connectivity index (χ0n) is 26.4. The van der Waals surface area contributed by atoms with Crippen LogP contribution in [0.2, 0.25) is 0 Å². The number of nitrogens with two attached hydrogens (primary N) is 1. The molecular weight excluding hydrogens is 655 g/mol. The molecule has 6 N–H and O–H groups in total. The zero-order valence-corrected chi connectivity index (χ0v) is 28.0. The van der Waals surface area contributed by atoms with E-state index in [1.165, 1.54) is 36.0 Å². The van der Waals surface area contributed by atoms with Crippen molar-refractivity contribution in [2.45, 2.75) is 76.2 Å². The first-order chi connectivity index (χ1) is 22.2. The summed E-state index contributed by atoms with van der Waals surface area (Å²) in [6.07, 6.45) is -2.01. The van der Waals surface area contributed by atoms with Gasteiger partial charge in [-0.05, 0) is 60.4 Å². The summed E-state index contributed by atoms with van der Waals surface area (Å²) in [4.78, 5) is 44.3. The van der Waals surface area contributed by atoms with Gasteiger partial charge in [0.2, 0.25) is 17.7 Å². The second-order valence-corrected chi connectivity index (χ2v) is 13.4. The number of aromatic amines is 1. The Hall–Kier alpha value is -3.65. The third-order valence-electron chi connectivity index (χ3n) is 8.79. The van der Waals surface area contributed by atoms with Crippen molar-refractivity contribution in [2.75, 3.05) is 12.0 Å². The maximum Gasteiger partial charge on any atom is 0.418 e. The Bertz CT molecular complexity index is 1650. The minimum atomic E-state index is -4.61. The van der Waals surface area contributed by atoms with Crippen LogP contribution in [0.3, 0.4) is 0 Å². The number of hydrogen-bond donors (Lipinski definition) is 5. The number of thiocarbonyl (C=S) groups is 1. The number of carbonyl (C=O) groups is 3. The van der Waals surface area contributed by atoms with Crippen LogP contribution < -0.4 is 21.7 Å². The number of H-pyrrole nitrogens is 1. The highest BCUT2D eigenvalue weighted by atomic mass is 32.2. The molecule has 14 heteroatoms. The molecule has 4 rings (SSSR count). The van der Waals surface area contributed by atoms with Gasteiger partial charge in [0, 0.05) is 17.5 Å². The Morgan fingerprint density at radius 2 is 1.85 bits per heavy atom. The van der Waals surface area contributed by atoms with E-state index in [4.69, 9.17) is 18.0 Å². The lowest BCUT2D eigenvalue weighted by Gasteiger charge is -2.39. The number of rotatable bonds is 13. The van der Waals surface area contributed by atoms with Crippen molar-refractivity contribution in [2.24, 2.45) is 11.7 Å². The molecule has 0 fully saturated rings. The van der Waals surface area contributed by atoms with Crippen LogP contribution in [0.4, 0.5) is 17.6 Å². The van der Waals surface area contributed by atoms with Gasteiger partial charge >= 0.3 is 6.18 Å². The van der Waals surface area contributed by atoms with Crippen molar-refractivity contribution in [1.82, 2.24) is 20.9 Å². The molecule has 0 saturated heterocycles. The summed E-state index contributed by atoms with van der Waals surface area (Å²) in [6.45, 7) is 3.61. The fourth-order valence-electron chi connectivity index (χ4n) is 5.94. The van der Waals surface area contributed by atoms with Crippen molar-refractivity contribution < 1.29 is 31.9 Å². The summed E-state index contributed by atoms with van der Waals surface area (Å²) in [5.74, 6) is -2.11. The van der Waals surface area contributed by atoms with E-state index >= 15 is 0 Å². The van der Waals surface area contributed by atoms with Gasteiger partial charge in [-0.2, -0.15) is 24.9 Å². The number of thioether (sulfide) groups is 1. The van der Waals surface area contributed by atoms with Crippen molar-refractivity contribution in [3.8, 4) is 0 Å². The number of benzene rings is 2. The number of nitrogens with one attached hydrogen (secondary N) is 4. The van der Waals surface area contributed by atoms with Crippen molar-refractivity contribution in [1.29, 1.82) is 0 Å². The van der Waals surface area contributed by atoms with Crippen LogP contribution in [0.1, 0.15) is 55.5 Å². The fourth-order valence-corrected chi connectivity index (χ4v) is 6.59. The molecule has 0 saturated carbocycles. The Morgan fingerprint density at radius 1 is 1.13 bits per heavy atom. The number of para-hydroxylation sites is 1. The molecule has 1 unspecified atom stereocenters. The first-order valence-corrected chi connectivity index (χ1v) is 17.1. The second-order valence-electron chi connectivity index (χ2n) is 12.0. The highest BCUT2D eigenvalue weighted by Crippen LogP contribution is 2.40. The molecule has 0 spiro atoms. The van der Waals surface area contributed by atoms with Crippen LogP contribution in [0.25, 0.3) is 10.9 Å². The highest BCUT2D eigenvalue weighted by Gasteiger charge is 2.46. The maximum absolute atomic E-state index is 14.3. The van der Waals surface area contributed by atoms with Gasteiger partial charge < -0.3 is 26.7 Å². The Morgan fingerprint density at radius 3 is 2.49 bits per heavy atom. The zero-order chi connectivity index (χ0) is 34.5. The highest BCUT2D eigenvalue weighted by molar-refractivity contribution is 7.98. The molecular formula is C33H39F4N5O3S2. The van der Waals surface area contributed by atoms with Gasteiger partial charge in [0.25, 0.3) is 0 Å². The molecule has 47 heavy (non-hydrogen) atoms. The van der Waals surface area contributed by atoms with Crippen molar-refractivity contribution in [3.05, 3.63) is 70.7 Å². The number of aromatic nitrogens is 1. The lowest BCUT2D eigenvalue weighted by molar-refractivity contribution is -0.137. The van der Waals surface area contributed by atoms with E-state index in [1.54, 1.807) is 19.1 Å². The van der Waals surface area contributed by atoms with Crippen molar-refractivity contribution in [3.63, 3.8) is 0 Å². The maximum atomic E-state index is 14.3. The van der Waals surface area contributed by atoms with Gasteiger partial charge in [-0.25, -0.2) is 4.39 Å². The molecule has 3 amide bonds. The SMILES string of the molecule is CC[C@H](C)C(NC(=O)Cc1ccccc1F)C(=O)N[C@]1(C(=O)N[C@@H](CCSC)C(N)=S)CCc2[nH]c3c(C(F)(F)F)cccc3c2C1. The molecule has 4 atom stereocenters. The molecule has 0 radical (unpaired) electrons. The van der Waals surface area contributed by atoms with Crippen LogP contribution in [0, 0.1) is 11.7 Å². The van der Waals surface area contributed by atoms with Crippen LogP contribution in [0.5, 0.6) is 0 Å². The predicted molar refractivity (Wildman–Crippen MR) is 179 cm³/mol. The van der Waals surface area contributed by atoms with Gasteiger partial charge in [-0.3, -0.25) is 14.4 Å². The van der Waals surface area contributed by atoms with Gasteiger partial charge in [0.05, 0.1) is 28.5 Å². The largest absolute Gasteiger partial charge is 0.418 e. The molecule has 1 aliphatic rings. The van der Waals surface area contributed by atoms with E-state index < -0.39 is 52.9 Å². The van der Waals surface area contributed by atoms with Crippen LogP contribution >= 0.6 is 24.0 Å². The lowest BCUT2D eigenvalue weighted by atomic mass is 9.78. The molecule has 1 heterocycles. The molecule has 0 bridgehead atoms. The number of halogens is 4. The van der Waals surface area contributed by atoms with E-state index in [-0.39, 0.29) is 47.7 Å². The topological polar surface area (TPSA) is 129 Å². The van der Waals surface area contributed by atoms with E-state index in [0.29, 0.717) is 35.2 Å². The lowest BCUT2D eigenvalue weighted by Crippen LogP contribution is -2.66. The molecule has 0 aliphatic heterocycles. The molecule has 1 aromatic heterocycles. The number of hydrogen-bond acceptors (Lipinski definition) is 5. The Labute approximate surface area is 280 Å². The first-order valence-electron chi connectivity index (χ1n) is 15.3. The number of aryl methyl sites for hydroxylation is 1. The van der Waals surface area contributed by atoms with E-state index in [2.05, 4.69) is 20.9 Å². The van der Waals surface area contributed by atoms with Gasteiger partial charge in [-0.1, -0.05) is 62.8 Å². The summed E-state index contributed by atoms with van der Waals surface area (Å²) in [6, 6.07) is 7.90. The minimum Gasteiger partial charge on any atom is -0.392 e. The monoisotopic (exact) mass is 693 g/mol. The number of fused-ring (bicyclic) bond motifs is 3. The van der Waals surface area contributed by atoms with Gasteiger partial charge in [0.15, 0.2) is 0 Å². The minimum absolute atomic E-state index is 0.0503. The van der Waals surface area contributed by atoms with Crippen LogP contribution in [-0.4, -0.2) is 57.3 Å². The van der Waals surface area contributed by atoms with Gasteiger partial charge in [-0.15, -0.1) is 0 Å². The normalized spacial score (nSPS) is 18.1. The first kappa shape index (κ1) is 36.2. The van der Waals surface area contributed by atoms with Crippen LogP contribution in [-0.2, 0) is 39.8 Å². The smallest absolute Gasteiger partial charge is 0.392 e. The van der Waals surface area contributed by atoms with Crippen LogP contribution in [0.15, 0.2) is 42.5 Å². The molecule has 2 aromatic carbocycles. The second kappa shape index (κ2) is 15.1. The number of carbonyl (C=O) groups excluding carboxylic acids is 3. The fraction of sp³-hybridized carbons (Fsp3) is 0.455. The number of amides is 3. The quantitative estimate of drug-likeness (QED) is 0.127. The molecule has 3 aromatic rings. The molecule has 254 valence electrons. The average molecular weight is 694 g/mol. The Kier molecular flexibility index (Phi) is 11.6. The number of alkyl halides is 3. The average Bonchev–Trinajstić information content (AvgIpc) is 3.39. The third kappa shape index (κ3) is 8.26. The van der Waals surface area contributed by atoms with Gasteiger partial charge in [0.1, 0.15) is 17.4 Å². The molecule has 1 aliphatic carbocycles. The third-order valence-corrected chi connectivity index (χ3v) is 9.72. The summed E-state index contributed by atoms with van der Waals surface area (Å²) in [7, 11) is 0. The summed E-state index contributed by atoms with van der Waals surface area (Å²) >= 11 is 6.76. The van der Waals surface area contributed by atoms with E-state index in [9.17, 15) is 31.9 Å². The predicted octanol–water partition coefficient (Wildman–Crippen LogP) is 4.97. The Balaban J connectivity index is 1.71. The van der Waals surface area contributed by atoms with E-state index in [1.807, 2.05) is 13.2 Å². The molecule has 8 nitrogen and oxygen atoms in total. The summed E-state index contributed by atoms with van der Waals surface area (Å²) in [5.41, 5.74) is 4.61.